The molecule has 0 aliphatic carbocycles. The summed E-state index contributed by atoms with van der Waals surface area (Å²) in [6.45, 7) is 4.15. The number of halogens is 1. The monoisotopic (exact) mass is 348 g/mol. The number of rotatable bonds is 4. The normalized spacial score (nSPS) is 11.9. The summed E-state index contributed by atoms with van der Waals surface area (Å²) in [5.41, 5.74) is 10.0. The Bertz CT molecular complexity index is 623. The van der Waals surface area contributed by atoms with Crippen LogP contribution in [0, 0.1) is 6.92 Å². The van der Waals surface area contributed by atoms with Crippen LogP contribution < -0.4 is 11.1 Å². The minimum Gasteiger partial charge on any atom is -0.389 e. The molecule has 0 spiro atoms. The van der Waals surface area contributed by atoms with E-state index in [1.807, 2.05) is 31.2 Å². The molecule has 104 valence electrons. The van der Waals surface area contributed by atoms with E-state index in [1.54, 1.807) is 0 Å². The topological polar surface area (TPSA) is 38.0 Å². The summed E-state index contributed by atoms with van der Waals surface area (Å²) in [6.07, 6.45) is 0. The van der Waals surface area contributed by atoms with Gasteiger partial charge in [0.25, 0.3) is 0 Å². The van der Waals surface area contributed by atoms with E-state index in [1.165, 1.54) is 5.56 Å². The Labute approximate surface area is 133 Å². The molecule has 0 aromatic heterocycles. The van der Waals surface area contributed by atoms with Crippen LogP contribution in [0.1, 0.15) is 29.7 Å². The van der Waals surface area contributed by atoms with E-state index < -0.39 is 0 Å². The van der Waals surface area contributed by atoms with Gasteiger partial charge in [0, 0.05) is 21.8 Å². The average Bonchev–Trinajstić information content (AvgIpc) is 2.41. The van der Waals surface area contributed by atoms with Crippen molar-refractivity contribution in [3.05, 3.63) is 63.6 Å². The zero-order valence-corrected chi connectivity index (χ0v) is 13.9. The van der Waals surface area contributed by atoms with Crippen LogP contribution >= 0.6 is 28.1 Å². The van der Waals surface area contributed by atoms with Crippen LogP contribution in [0.25, 0.3) is 0 Å². The van der Waals surface area contributed by atoms with E-state index in [4.69, 9.17) is 18.0 Å². The maximum atomic E-state index is 5.80. The molecular weight excluding hydrogens is 332 g/mol. The van der Waals surface area contributed by atoms with Gasteiger partial charge in [0.05, 0.1) is 0 Å². The summed E-state index contributed by atoms with van der Waals surface area (Å²) in [5.74, 6) is 0. The second kappa shape index (κ2) is 6.37. The predicted molar refractivity (Wildman–Crippen MR) is 93.2 cm³/mol. The molecule has 0 fully saturated rings. The molecule has 2 rings (SSSR count). The number of hydrogen-bond acceptors (Lipinski definition) is 2. The van der Waals surface area contributed by atoms with Crippen molar-refractivity contribution in [3.63, 3.8) is 0 Å². The molecule has 0 heterocycles. The van der Waals surface area contributed by atoms with Crippen LogP contribution in [0.4, 0.5) is 5.69 Å². The van der Waals surface area contributed by atoms with Crippen molar-refractivity contribution in [3.8, 4) is 0 Å². The van der Waals surface area contributed by atoms with Crippen LogP contribution in [0.5, 0.6) is 0 Å². The maximum absolute atomic E-state index is 5.80. The molecule has 1 atom stereocenters. The van der Waals surface area contributed by atoms with E-state index in [0.29, 0.717) is 4.99 Å². The zero-order chi connectivity index (χ0) is 14.7. The van der Waals surface area contributed by atoms with Crippen molar-refractivity contribution in [2.45, 2.75) is 19.9 Å². The van der Waals surface area contributed by atoms with Crippen molar-refractivity contribution in [1.82, 2.24) is 0 Å². The first-order valence-corrected chi connectivity index (χ1v) is 7.60. The Balaban J connectivity index is 2.25. The second-order valence-electron chi connectivity index (χ2n) is 4.83. The smallest absolute Gasteiger partial charge is 0.106 e. The highest BCUT2D eigenvalue weighted by Gasteiger charge is 2.10. The molecule has 0 saturated carbocycles. The quantitative estimate of drug-likeness (QED) is 0.795. The molecule has 0 saturated heterocycles. The molecule has 3 N–H and O–H groups in total. The summed E-state index contributed by atoms with van der Waals surface area (Å²) < 4.78 is 1.08. The number of anilines is 1. The van der Waals surface area contributed by atoms with Crippen LogP contribution in [0.2, 0.25) is 0 Å². The minimum atomic E-state index is 0.180. The highest BCUT2D eigenvalue weighted by Crippen LogP contribution is 2.24. The van der Waals surface area contributed by atoms with Gasteiger partial charge in [-0.3, -0.25) is 0 Å². The fourth-order valence-electron chi connectivity index (χ4n) is 2.06. The van der Waals surface area contributed by atoms with Crippen molar-refractivity contribution in [2.24, 2.45) is 5.73 Å². The van der Waals surface area contributed by atoms with Gasteiger partial charge in [-0.15, -0.1) is 0 Å². The minimum absolute atomic E-state index is 0.180. The zero-order valence-electron chi connectivity index (χ0n) is 11.5. The third-order valence-corrected chi connectivity index (χ3v) is 3.93. The number of nitrogens with two attached hydrogens (primary N) is 1. The Kier molecular flexibility index (Phi) is 4.78. The molecule has 4 heteroatoms. The fourth-order valence-corrected chi connectivity index (χ4v) is 2.49. The van der Waals surface area contributed by atoms with E-state index in [9.17, 15) is 0 Å². The van der Waals surface area contributed by atoms with Gasteiger partial charge in [0.2, 0.25) is 0 Å². The lowest BCUT2D eigenvalue weighted by Gasteiger charge is -2.18. The van der Waals surface area contributed by atoms with Gasteiger partial charge < -0.3 is 11.1 Å². The molecule has 20 heavy (non-hydrogen) atoms. The lowest BCUT2D eigenvalue weighted by Crippen LogP contribution is -2.15. The predicted octanol–water partition coefficient (Wildman–Crippen LogP) is 4.56. The molecule has 0 radical (unpaired) electrons. The van der Waals surface area contributed by atoms with E-state index in [-0.39, 0.29) is 6.04 Å². The summed E-state index contributed by atoms with van der Waals surface area (Å²) in [5, 5.41) is 3.47. The number of hydrogen-bond donors (Lipinski definition) is 2. The Morgan fingerprint density at radius 1 is 1.20 bits per heavy atom. The fraction of sp³-hybridized carbons (Fsp3) is 0.188. The van der Waals surface area contributed by atoms with Crippen LogP contribution in [-0.4, -0.2) is 4.99 Å². The maximum Gasteiger partial charge on any atom is 0.106 e. The van der Waals surface area contributed by atoms with E-state index in [0.717, 1.165) is 21.3 Å². The molecule has 2 nitrogen and oxygen atoms in total. The number of thiocarbonyl (C=S) groups is 1. The highest BCUT2D eigenvalue weighted by atomic mass is 79.9. The van der Waals surface area contributed by atoms with Gasteiger partial charge >= 0.3 is 0 Å². The SMILES string of the molecule is Cc1ccc(NC(C)c2ccc(Br)cc2)c(C(N)=S)c1. The van der Waals surface area contributed by atoms with Gasteiger partial charge in [-0.05, 0) is 43.7 Å². The van der Waals surface area contributed by atoms with Gasteiger partial charge in [-0.25, -0.2) is 0 Å². The highest BCUT2D eigenvalue weighted by molar-refractivity contribution is 9.10. The number of nitrogens with one attached hydrogen (secondary N) is 1. The first kappa shape index (κ1) is 15.0. The first-order valence-electron chi connectivity index (χ1n) is 6.40. The molecule has 0 bridgehead atoms. The third kappa shape index (κ3) is 3.58. The van der Waals surface area contributed by atoms with Crippen molar-refractivity contribution in [1.29, 1.82) is 0 Å². The lowest BCUT2D eigenvalue weighted by atomic mass is 10.1. The van der Waals surface area contributed by atoms with Crippen LogP contribution in [0.3, 0.4) is 0 Å². The average molecular weight is 349 g/mol. The molecule has 0 aliphatic heterocycles. The summed E-state index contributed by atoms with van der Waals surface area (Å²) in [6, 6.07) is 14.5. The molecule has 0 aliphatic rings. The molecule has 2 aromatic carbocycles. The standard InChI is InChI=1S/C16H17BrN2S/c1-10-3-8-15(14(9-10)16(18)20)19-11(2)12-4-6-13(17)7-5-12/h3-9,11,19H,1-2H3,(H2,18,20). The van der Waals surface area contributed by atoms with E-state index in [2.05, 4.69) is 46.4 Å². The molecular formula is C16H17BrN2S. The van der Waals surface area contributed by atoms with Crippen molar-refractivity contribution < 1.29 is 0 Å². The number of aryl methyl sites for hydroxylation is 1. The van der Waals surface area contributed by atoms with Gasteiger partial charge in [0.1, 0.15) is 4.99 Å². The Morgan fingerprint density at radius 3 is 2.45 bits per heavy atom. The molecule has 2 aromatic rings. The summed E-state index contributed by atoms with van der Waals surface area (Å²) in [7, 11) is 0. The largest absolute Gasteiger partial charge is 0.389 e. The van der Waals surface area contributed by atoms with E-state index >= 15 is 0 Å². The van der Waals surface area contributed by atoms with Gasteiger partial charge in [0.15, 0.2) is 0 Å². The molecule has 0 amide bonds. The van der Waals surface area contributed by atoms with Crippen molar-refractivity contribution in [2.75, 3.05) is 5.32 Å². The van der Waals surface area contributed by atoms with Gasteiger partial charge in [-0.1, -0.05) is 51.9 Å². The van der Waals surface area contributed by atoms with Crippen molar-refractivity contribution >= 4 is 38.8 Å². The Hall–Kier alpha value is -1.39. The summed E-state index contributed by atoms with van der Waals surface area (Å²) >= 11 is 8.57. The van der Waals surface area contributed by atoms with Gasteiger partial charge in [-0.2, -0.15) is 0 Å². The summed E-state index contributed by atoms with van der Waals surface area (Å²) in [4.78, 5) is 0.416. The number of benzene rings is 2. The lowest BCUT2D eigenvalue weighted by molar-refractivity contribution is 0.884. The van der Waals surface area contributed by atoms with Crippen LogP contribution in [-0.2, 0) is 0 Å². The Morgan fingerprint density at radius 2 is 1.85 bits per heavy atom. The first-order chi connectivity index (χ1) is 9.47. The third-order valence-electron chi connectivity index (χ3n) is 3.18. The second-order valence-corrected chi connectivity index (χ2v) is 6.19. The molecule has 1 unspecified atom stereocenters. The van der Waals surface area contributed by atoms with Crippen LogP contribution in [0.15, 0.2) is 46.9 Å².